The summed E-state index contributed by atoms with van der Waals surface area (Å²) in [5.41, 5.74) is 4.81. The molecule has 0 fully saturated rings. The summed E-state index contributed by atoms with van der Waals surface area (Å²) in [6, 6.07) is 15.5. The van der Waals surface area contributed by atoms with E-state index in [4.69, 9.17) is 11.6 Å². The lowest BCUT2D eigenvalue weighted by Crippen LogP contribution is -2.31. The third-order valence-electron chi connectivity index (χ3n) is 4.65. The van der Waals surface area contributed by atoms with Crippen molar-refractivity contribution in [3.8, 4) is 5.69 Å². The molecule has 0 saturated heterocycles. The van der Waals surface area contributed by atoms with E-state index in [9.17, 15) is 4.79 Å². The molecular weight excluding hydrogens is 372 g/mol. The van der Waals surface area contributed by atoms with Gasteiger partial charge in [0.25, 0.3) is 0 Å². The standard InChI is InChI=1S/C22H25ClN4O/c1-3-16-10-11-20(23)19(4-2)21(16)25-22(28)24-14-12-17-13-15-27(26-17)18-8-6-5-7-9-18/h5-11,13,15H,3-4,12,14H2,1-2H3,(H2,24,25,28). The predicted octanol–water partition coefficient (Wildman–Crippen LogP) is 5.01. The van der Waals surface area contributed by atoms with Crippen LogP contribution >= 0.6 is 11.6 Å². The minimum absolute atomic E-state index is 0.228. The van der Waals surface area contributed by atoms with Gasteiger partial charge in [-0.15, -0.1) is 0 Å². The molecule has 0 aliphatic rings. The summed E-state index contributed by atoms with van der Waals surface area (Å²) >= 11 is 6.30. The molecule has 0 aliphatic carbocycles. The minimum atomic E-state index is -0.228. The first-order chi connectivity index (χ1) is 13.6. The average Bonchev–Trinajstić information content (AvgIpc) is 3.18. The van der Waals surface area contributed by atoms with Crippen LogP contribution < -0.4 is 10.6 Å². The number of nitrogens with zero attached hydrogens (tertiary/aromatic N) is 2. The van der Waals surface area contributed by atoms with Gasteiger partial charge in [-0.1, -0.05) is 49.7 Å². The van der Waals surface area contributed by atoms with Crippen molar-refractivity contribution in [3.05, 3.63) is 76.6 Å². The Hall–Kier alpha value is -2.79. The van der Waals surface area contributed by atoms with Gasteiger partial charge in [-0.3, -0.25) is 0 Å². The van der Waals surface area contributed by atoms with E-state index in [1.807, 2.05) is 66.3 Å². The van der Waals surface area contributed by atoms with Crippen molar-refractivity contribution in [2.45, 2.75) is 33.1 Å². The lowest BCUT2D eigenvalue weighted by Gasteiger charge is -2.16. The zero-order chi connectivity index (χ0) is 19.9. The highest BCUT2D eigenvalue weighted by Gasteiger charge is 2.13. The number of halogens is 1. The molecule has 5 nitrogen and oxygen atoms in total. The Bertz CT molecular complexity index is 937. The number of urea groups is 1. The highest BCUT2D eigenvalue weighted by atomic mass is 35.5. The van der Waals surface area contributed by atoms with E-state index >= 15 is 0 Å². The second kappa shape index (κ2) is 9.42. The number of carbonyl (C=O) groups is 1. The number of rotatable bonds is 7. The molecule has 1 heterocycles. The van der Waals surface area contributed by atoms with Crippen molar-refractivity contribution in [1.82, 2.24) is 15.1 Å². The molecule has 0 radical (unpaired) electrons. The van der Waals surface area contributed by atoms with Crippen molar-refractivity contribution < 1.29 is 4.79 Å². The van der Waals surface area contributed by atoms with Gasteiger partial charge in [0.1, 0.15) is 0 Å². The topological polar surface area (TPSA) is 59.0 Å². The Morgan fingerprint density at radius 2 is 1.86 bits per heavy atom. The number of para-hydroxylation sites is 1. The van der Waals surface area contributed by atoms with Gasteiger partial charge in [-0.2, -0.15) is 5.10 Å². The fourth-order valence-corrected chi connectivity index (χ4v) is 3.44. The van der Waals surface area contributed by atoms with E-state index in [-0.39, 0.29) is 6.03 Å². The van der Waals surface area contributed by atoms with Crippen LogP contribution in [0.2, 0.25) is 5.02 Å². The second-order valence-electron chi connectivity index (χ2n) is 6.49. The Morgan fingerprint density at radius 1 is 1.07 bits per heavy atom. The summed E-state index contributed by atoms with van der Waals surface area (Å²) in [6.45, 7) is 4.60. The van der Waals surface area contributed by atoms with Gasteiger partial charge < -0.3 is 10.6 Å². The highest BCUT2D eigenvalue weighted by molar-refractivity contribution is 6.31. The van der Waals surface area contributed by atoms with Crippen LogP contribution in [0, 0.1) is 0 Å². The summed E-state index contributed by atoms with van der Waals surface area (Å²) in [6.07, 6.45) is 4.18. The Labute approximate surface area is 170 Å². The number of hydrogen-bond donors (Lipinski definition) is 2. The molecule has 2 amide bonds. The fourth-order valence-electron chi connectivity index (χ4n) is 3.15. The number of nitrogens with one attached hydrogen (secondary N) is 2. The summed E-state index contributed by atoms with van der Waals surface area (Å²) in [7, 11) is 0. The third kappa shape index (κ3) is 4.73. The molecule has 0 atom stereocenters. The van der Waals surface area contributed by atoms with E-state index in [0.717, 1.165) is 41.0 Å². The molecule has 146 valence electrons. The van der Waals surface area contributed by atoms with Crippen LogP contribution in [0.3, 0.4) is 0 Å². The lowest BCUT2D eigenvalue weighted by molar-refractivity contribution is 0.252. The second-order valence-corrected chi connectivity index (χ2v) is 6.89. The summed E-state index contributed by atoms with van der Waals surface area (Å²) in [5.74, 6) is 0. The van der Waals surface area contributed by atoms with E-state index in [0.29, 0.717) is 18.0 Å². The zero-order valence-corrected chi connectivity index (χ0v) is 17.0. The maximum absolute atomic E-state index is 12.4. The normalized spacial score (nSPS) is 10.7. The van der Waals surface area contributed by atoms with E-state index in [1.165, 1.54) is 0 Å². The maximum atomic E-state index is 12.4. The molecule has 0 saturated carbocycles. The van der Waals surface area contributed by atoms with Crippen LogP contribution in [-0.2, 0) is 19.3 Å². The largest absolute Gasteiger partial charge is 0.337 e. The first-order valence-electron chi connectivity index (χ1n) is 9.57. The third-order valence-corrected chi connectivity index (χ3v) is 5.00. The molecule has 0 aliphatic heterocycles. The van der Waals surface area contributed by atoms with Crippen molar-refractivity contribution in [3.63, 3.8) is 0 Å². The smallest absolute Gasteiger partial charge is 0.319 e. The molecule has 2 N–H and O–H groups in total. The molecule has 3 aromatic rings. The summed E-state index contributed by atoms with van der Waals surface area (Å²) in [5, 5.41) is 11.1. The van der Waals surface area contributed by atoms with Gasteiger partial charge in [0.2, 0.25) is 0 Å². The summed E-state index contributed by atoms with van der Waals surface area (Å²) in [4.78, 5) is 12.4. The van der Waals surface area contributed by atoms with Crippen molar-refractivity contribution in [2.24, 2.45) is 0 Å². The number of hydrogen-bond acceptors (Lipinski definition) is 2. The maximum Gasteiger partial charge on any atom is 0.319 e. The number of amides is 2. The number of carbonyl (C=O) groups excluding carboxylic acids is 1. The van der Waals surface area contributed by atoms with Crippen LogP contribution in [-0.4, -0.2) is 22.4 Å². The molecule has 28 heavy (non-hydrogen) atoms. The van der Waals surface area contributed by atoms with Crippen molar-refractivity contribution in [2.75, 3.05) is 11.9 Å². The molecule has 1 aromatic heterocycles. The van der Waals surface area contributed by atoms with E-state index < -0.39 is 0 Å². The number of aryl methyl sites for hydroxylation is 1. The highest BCUT2D eigenvalue weighted by Crippen LogP contribution is 2.29. The molecule has 3 rings (SSSR count). The summed E-state index contributed by atoms with van der Waals surface area (Å²) < 4.78 is 1.84. The van der Waals surface area contributed by atoms with Crippen LogP contribution in [0.4, 0.5) is 10.5 Å². The Balaban J connectivity index is 1.57. The van der Waals surface area contributed by atoms with Gasteiger partial charge in [0, 0.05) is 24.2 Å². The Morgan fingerprint density at radius 3 is 2.57 bits per heavy atom. The average molecular weight is 397 g/mol. The molecule has 2 aromatic carbocycles. The molecule has 0 unspecified atom stereocenters. The number of aromatic nitrogens is 2. The molecule has 6 heteroatoms. The van der Waals surface area contributed by atoms with Gasteiger partial charge in [0.05, 0.1) is 17.1 Å². The van der Waals surface area contributed by atoms with Crippen LogP contribution in [0.15, 0.2) is 54.7 Å². The quantitative estimate of drug-likeness (QED) is 0.589. The SMILES string of the molecule is CCc1ccc(Cl)c(CC)c1NC(=O)NCCc1ccn(-c2ccccc2)n1. The number of benzene rings is 2. The van der Waals surface area contributed by atoms with Crippen LogP contribution in [0.1, 0.15) is 30.7 Å². The monoisotopic (exact) mass is 396 g/mol. The van der Waals surface area contributed by atoms with Crippen molar-refractivity contribution >= 4 is 23.3 Å². The van der Waals surface area contributed by atoms with Crippen LogP contribution in [0.25, 0.3) is 5.69 Å². The van der Waals surface area contributed by atoms with Gasteiger partial charge in [0.15, 0.2) is 0 Å². The first kappa shape index (κ1) is 20.0. The predicted molar refractivity (Wildman–Crippen MR) is 114 cm³/mol. The minimum Gasteiger partial charge on any atom is -0.337 e. The fraction of sp³-hybridized carbons (Fsp3) is 0.273. The van der Waals surface area contributed by atoms with Gasteiger partial charge in [-0.25, -0.2) is 9.48 Å². The van der Waals surface area contributed by atoms with Gasteiger partial charge in [-0.05, 0) is 48.2 Å². The van der Waals surface area contributed by atoms with Crippen LogP contribution in [0.5, 0.6) is 0 Å². The van der Waals surface area contributed by atoms with Gasteiger partial charge >= 0.3 is 6.03 Å². The molecule has 0 spiro atoms. The molecular formula is C22H25ClN4O. The van der Waals surface area contributed by atoms with E-state index in [2.05, 4.69) is 22.7 Å². The Kier molecular flexibility index (Phi) is 6.71. The molecule has 0 bridgehead atoms. The van der Waals surface area contributed by atoms with Crippen molar-refractivity contribution in [1.29, 1.82) is 0 Å². The van der Waals surface area contributed by atoms with E-state index in [1.54, 1.807) is 0 Å². The first-order valence-corrected chi connectivity index (χ1v) is 9.95. The zero-order valence-electron chi connectivity index (χ0n) is 16.2. The number of anilines is 1. The lowest BCUT2D eigenvalue weighted by atomic mass is 10.0.